The molecule has 3 heterocycles. The summed E-state index contributed by atoms with van der Waals surface area (Å²) in [4.78, 5) is 2.23. The zero-order valence-electron chi connectivity index (χ0n) is 13.9. The zero-order valence-corrected chi connectivity index (χ0v) is 13.9. The number of alkyl halides is 1. The number of hydrogen-bond acceptors (Lipinski definition) is 3. The molecule has 24 heavy (non-hydrogen) atoms. The number of fused-ring (bicyclic) bond motifs is 3. The lowest BCUT2D eigenvalue weighted by Gasteiger charge is -2.49. The number of anilines is 1. The van der Waals surface area contributed by atoms with E-state index in [1.54, 1.807) is 0 Å². The molecule has 0 saturated heterocycles. The third-order valence-electron chi connectivity index (χ3n) is 5.92. The minimum absolute atomic E-state index is 0.114. The summed E-state index contributed by atoms with van der Waals surface area (Å²) in [6.45, 7) is 4.02. The van der Waals surface area contributed by atoms with Crippen LogP contribution in [0.2, 0.25) is 0 Å². The van der Waals surface area contributed by atoms with Gasteiger partial charge in [0, 0.05) is 22.6 Å². The van der Waals surface area contributed by atoms with E-state index in [2.05, 4.69) is 40.5 Å². The van der Waals surface area contributed by atoms with Gasteiger partial charge in [0.2, 0.25) is 0 Å². The molecule has 2 aromatic carbocycles. The number of halogens is 1. The molecule has 3 aliphatic rings. The van der Waals surface area contributed by atoms with Gasteiger partial charge in [0.1, 0.15) is 11.8 Å². The van der Waals surface area contributed by atoms with Crippen LogP contribution in [0.3, 0.4) is 0 Å². The summed E-state index contributed by atoms with van der Waals surface area (Å²) >= 11 is 0. The number of hydrazone groups is 1. The van der Waals surface area contributed by atoms with Crippen LogP contribution in [0.1, 0.15) is 37.8 Å². The van der Waals surface area contributed by atoms with Gasteiger partial charge in [-0.15, -0.1) is 0 Å². The van der Waals surface area contributed by atoms with E-state index in [9.17, 15) is 0 Å². The molecule has 0 spiro atoms. The second-order valence-electron chi connectivity index (χ2n) is 6.86. The van der Waals surface area contributed by atoms with Gasteiger partial charge in [0.15, 0.2) is 5.84 Å². The average molecular weight is 321 g/mol. The van der Waals surface area contributed by atoms with Crippen LogP contribution in [0.4, 0.5) is 10.1 Å². The fourth-order valence-electron chi connectivity index (χ4n) is 4.79. The molecule has 3 atom stereocenters. The molecule has 3 aliphatic heterocycles. The third kappa shape index (κ3) is 1.45. The number of hydrogen-bond donors (Lipinski definition) is 1. The Hall–Kier alpha value is -2.36. The Morgan fingerprint density at radius 1 is 1.08 bits per heavy atom. The Balaban J connectivity index is 1.89. The molecule has 0 fully saturated rings. The largest absolute Gasteiger partial charge is 0.301 e. The first-order valence-electron chi connectivity index (χ1n) is 8.75. The van der Waals surface area contributed by atoms with Gasteiger partial charge < -0.3 is 4.90 Å². The summed E-state index contributed by atoms with van der Waals surface area (Å²) < 4.78 is 16.2. The van der Waals surface area contributed by atoms with E-state index >= 15 is 4.39 Å². The summed E-state index contributed by atoms with van der Waals surface area (Å²) in [6, 6.07) is 14.3. The summed E-state index contributed by atoms with van der Waals surface area (Å²) in [5, 5.41) is 4.61. The van der Waals surface area contributed by atoms with E-state index in [4.69, 9.17) is 0 Å². The van der Waals surface area contributed by atoms with Gasteiger partial charge in [0.05, 0.1) is 5.69 Å². The van der Waals surface area contributed by atoms with Gasteiger partial charge in [-0.3, -0.25) is 5.43 Å². The van der Waals surface area contributed by atoms with E-state index in [0.29, 0.717) is 6.42 Å². The van der Waals surface area contributed by atoms with Gasteiger partial charge in [-0.1, -0.05) is 56.3 Å². The van der Waals surface area contributed by atoms with Crippen molar-refractivity contribution in [1.29, 1.82) is 0 Å². The highest BCUT2D eigenvalue weighted by molar-refractivity contribution is 6.20. The molecule has 1 N–H and O–H groups in total. The number of nitrogens with one attached hydrogen (secondary N) is 1. The number of para-hydroxylation sites is 1. The molecule has 4 heteroatoms. The molecular formula is C20H20FN3. The fourth-order valence-corrected chi connectivity index (χ4v) is 4.79. The standard InChI is InChI=1S/C20H20FN3/c1-3-15-19-23-22-18-14-9-6-5-8-12(14)13-10-7-11-16(17(13)24(18)19)20(15,21)4-2/h5-11,15,19,23H,3-4H2,1-2H3. The Bertz CT molecular complexity index is 875. The van der Waals surface area contributed by atoms with Crippen molar-refractivity contribution in [3.63, 3.8) is 0 Å². The third-order valence-corrected chi connectivity index (χ3v) is 5.92. The highest BCUT2D eigenvalue weighted by Gasteiger charge is 2.55. The van der Waals surface area contributed by atoms with Crippen LogP contribution in [0.5, 0.6) is 0 Å². The Morgan fingerprint density at radius 3 is 2.58 bits per heavy atom. The van der Waals surface area contributed by atoms with E-state index in [0.717, 1.165) is 40.2 Å². The predicted molar refractivity (Wildman–Crippen MR) is 94.7 cm³/mol. The molecule has 2 aromatic rings. The SMILES string of the molecule is CCC1C2NN=C3c4ccccc4-c4cccc(c4N32)C1(F)CC. The van der Waals surface area contributed by atoms with Crippen molar-refractivity contribution in [2.75, 3.05) is 4.90 Å². The summed E-state index contributed by atoms with van der Waals surface area (Å²) in [5.74, 6) is 0.795. The van der Waals surface area contributed by atoms with Crippen molar-refractivity contribution in [3.8, 4) is 11.1 Å². The molecule has 5 rings (SSSR count). The van der Waals surface area contributed by atoms with E-state index < -0.39 is 5.67 Å². The van der Waals surface area contributed by atoms with Gasteiger partial charge in [-0.05, 0) is 18.4 Å². The minimum Gasteiger partial charge on any atom is -0.301 e. The van der Waals surface area contributed by atoms with Crippen molar-refractivity contribution in [2.45, 2.75) is 38.5 Å². The van der Waals surface area contributed by atoms with Crippen LogP contribution >= 0.6 is 0 Å². The molecule has 0 amide bonds. The predicted octanol–water partition coefficient (Wildman–Crippen LogP) is 4.38. The normalized spacial score (nSPS) is 28.8. The van der Waals surface area contributed by atoms with Crippen molar-refractivity contribution in [3.05, 3.63) is 53.6 Å². The topological polar surface area (TPSA) is 27.6 Å². The summed E-state index contributed by atoms with van der Waals surface area (Å²) in [6.07, 6.45) is 1.13. The van der Waals surface area contributed by atoms with Crippen molar-refractivity contribution < 1.29 is 4.39 Å². The molecular weight excluding hydrogens is 301 g/mol. The average Bonchev–Trinajstić information content (AvgIpc) is 3.07. The lowest BCUT2D eigenvalue weighted by atomic mass is 9.71. The van der Waals surface area contributed by atoms with Gasteiger partial charge in [0.25, 0.3) is 0 Å². The second-order valence-corrected chi connectivity index (χ2v) is 6.86. The lowest BCUT2D eigenvalue weighted by Crippen LogP contribution is -2.57. The van der Waals surface area contributed by atoms with Crippen LogP contribution in [0.25, 0.3) is 11.1 Å². The highest BCUT2D eigenvalue weighted by Crippen LogP contribution is 2.56. The number of nitrogens with zero attached hydrogens (tertiary/aromatic N) is 2. The second kappa shape index (κ2) is 4.59. The maximum Gasteiger partial charge on any atom is 0.162 e. The summed E-state index contributed by atoms with van der Waals surface area (Å²) in [7, 11) is 0. The zero-order chi connectivity index (χ0) is 16.5. The minimum atomic E-state index is -1.33. The van der Waals surface area contributed by atoms with Crippen molar-refractivity contribution in [2.24, 2.45) is 11.0 Å². The monoisotopic (exact) mass is 321 g/mol. The maximum atomic E-state index is 16.2. The Labute approximate surface area is 141 Å². The first-order chi connectivity index (χ1) is 11.7. The number of benzene rings is 2. The molecule has 122 valence electrons. The molecule has 0 aromatic heterocycles. The quantitative estimate of drug-likeness (QED) is 0.889. The molecule has 0 aliphatic carbocycles. The summed E-state index contributed by atoms with van der Waals surface area (Å²) in [5.41, 5.74) is 7.10. The number of amidine groups is 1. The van der Waals surface area contributed by atoms with Gasteiger partial charge in [-0.2, -0.15) is 5.10 Å². The highest BCUT2D eigenvalue weighted by atomic mass is 19.1. The van der Waals surface area contributed by atoms with Gasteiger partial charge in [-0.25, -0.2) is 4.39 Å². The maximum absolute atomic E-state index is 16.2. The van der Waals surface area contributed by atoms with E-state index in [-0.39, 0.29) is 12.1 Å². The van der Waals surface area contributed by atoms with E-state index in [1.807, 2.05) is 31.2 Å². The van der Waals surface area contributed by atoms with E-state index in [1.165, 1.54) is 0 Å². The molecule has 3 nitrogen and oxygen atoms in total. The smallest absolute Gasteiger partial charge is 0.162 e. The van der Waals surface area contributed by atoms with Gasteiger partial charge >= 0.3 is 0 Å². The van der Waals surface area contributed by atoms with Crippen LogP contribution in [-0.4, -0.2) is 12.0 Å². The number of rotatable bonds is 2. The van der Waals surface area contributed by atoms with Crippen molar-refractivity contribution >= 4 is 11.5 Å². The van der Waals surface area contributed by atoms with Crippen LogP contribution in [0, 0.1) is 5.92 Å². The fraction of sp³-hybridized carbons (Fsp3) is 0.350. The first-order valence-corrected chi connectivity index (χ1v) is 8.75. The van der Waals surface area contributed by atoms with Crippen molar-refractivity contribution in [1.82, 2.24) is 5.43 Å². The van der Waals surface area contributed by atoms with Crippen LogP contribution < -0.4 is 10.3 Å². The Morgan fingerprint density at radius 2 is 1.83 bits per heavy atom. The molecule has 0 radical (unpaired) electrons. The lowest BCUT2D eigenvalue weighted by molar-refractivity contribution is 0.0414. The molecule has 0 saturated carbocycles. The van der Waals surface area contributed by atoms with Crippen LogP contribution in [-0.2, 0) is 5.67 Å². The molecule has 0 bridgehead atoms. The first kappa shape index (κ1) is 14.0. The van der Waals surface area contributed by atoms with Crippen LogP contribution in [0.15, 0.2) is 47.6 Å². The Kier molecular flexibility index (Phi) is 2.68. The molecule has 3 unspecified atom stereocenters.